The van der Waals surface area contributed by atoms with Crippen LogP contribution in [0.1, 0.15) is 45.6 Å². The van der Waals surface area contributed by atoms with Crippen LogP contribution >= 0.6 is 0 Å². The smallest absolute Gasteiger partial charge is 0.306 e. The van der Waals surface area contributed by atoms with Gasteiger partial charge < -0.3 is 30.3 Å². The minimum absolute atomic E-state index is 0.0249. The van der Waals surface area contributed by atoms with Gasteiger partial charge in [-0.2, -0.15) is 0 Å². The molecular formula is C24H38N2O6. The molecule has 1 aliphatic heterocycles. The van der Waals surface area contributed by atoms with Crippen LogP contribution in [0, 0.1) is 11.3 Å². The van der Waals surface area contributed by atoms with Crippen LogP contribution in [0.25, 0.3) is 0 Å². The summed E-state index contributed by atoms with van der Waals surface area (Å²) in [6.07, 6.45) is 0.432. The molecule has 32 heavy (non-hydrogen) atoms. The van der Waals surface area contributed by atoms with Crippen molar-refractivity contribution in [2.24, 2.45) is 17.1 Å². The van der Waals surface area contributed by atoms with E-state index in [0.717, 1.165) is 17.7 Å². The van der Waals surface area contributed by atoms with E-state index in [1.54, 1.807) is 18.9 Å². The van der Waals surface area contributed by atoms with Crippen LogP contribution in [-0.4, -0.2) is 67.2 Å². The second-order valence-electron chi connectivity index (χ2n) is 9.57. The third kappa shape index (κ3) is 7.55. The molecule has 0 saturated heterocycles. The monoisotopic (exact) mass is 450 g/mol. The van der Waals surface area contributed by atoms with Gasteiger partial charge in [0.15, 0.2) is 0 Å². The van der Waals surface area contributed by atoms with Crippen molar-refractivity contribution in [3.63, 3.8) is 0 Å². The summed E-state index contributed by atoms with van der Waals surface area (Å²) in [7, 11) is 1.63. The Morgan fingerprint density at radius 3 is 2.62 bits per heavy atom. The molecule has 0 unspecified atom stereocenters. The third-order valence-electron chi connectivity index (χ3n) is 5.99. The predicted molar refractivity (Wildman–Crippen MR) is 123 cm³/mol. The van der Waals surface area contributed by atoms with E-state index in [1.165, 1.54) is 0 Å². The van der Waals surface area contributed by atoms with E-state index in [2.05, 4.69) is 0 Å². The predicted octanol–water partition coefficient (Wildman–Crippen LogP) is 2.21. The van der Waals surface area contributed by atoms with E-state index in [4.69, 9.17) is 20.3 Å². The molecule has 1 aromatic carbocycles. The van der Waals surface area contributed by atoms with Crippen LogP contribution in [0.3, 0.4) is 0 Å². The number of nitrogens with two attached hydrogens (primary N) is 1. The Balaban J connectivity index is 2.04. The minimum Gasteiger partial charge on any atom is -0.481 e. The van der Waals surface area contributed by atoms with Gasteiger partial charge in [0.05, 0.1) is 37.9 Å². The number of carbonyl (C=O) groups excluding carboxylic acids is 1. The van der Waals surface area contributed by atoms with Crippen molar-refractivity contribution < 1.29 is 29.3 Å². The molecule has 1 aromatic rings. The Labute approximate surface area is 190 Å². The zero-order chi connectivity index (χ0) is 23.9. The fourth-order valence-corrected chi connectivity index (χ4v) is 4.19. The van der Waals surface area contributed by atoms with Crippen LogP contribution in [0.15, 0.2) is 24.3 Å². The molecule has 4 N–H and O–H groups in total. The third-order valence-corrected chi connectivity index (χ3v) is 5.99. The molecule has 2 rings (SSSR count). The lowest BCUT2D eigenvalue weighted by atomic mass is 9.79. The number of ether oxygens (including phenoxy) is 2. The van der Waals surface area contributed by atoms with Gasteiger partial charge in [-0.25, -0.2) is 0 Å². The van der Waals surface area contributed by atoms with E-state index in [1.807, 2.05) is 38.1 Å². The van der Waals surface area contributed by atoms with Gasteiger partial charge in [-0.1, -0.05) is 39.0 Å². The molecule has 0 aromatic heterocycles. The van der Waals surface area contributed by atoms with Crippen molar-refractivity contribution in [1.82, 2.24) is 0 Å². The average molecular weight is 451 g/mol. The molecule has 1 heterocycles. The quantitative estimate of drug-likeness (QED) is 0.417. The molecule has 0 bridgehead atoms. The van der Waals surface area contributed by atoms with E-state index in [9.17, 15) is 14.7 Å². The number of rotatable bonds is 12. The number of carboxylic acids is 1. The molecule has 4 atom stereocenters. The first-order chi connectivity index (χ1) is 15.0. The fraction of sp³-hybridized carbons (Fsp3) is 0.667. The van der Waals surface area contributed by atoms with Crippen molar-refractivity contribution in [3.05, 3.63) is 29.8 Å². The Hall–Kier alpha value is -2.00. The number of hydrogen-bond acceptors (Lipinski definition) is 6. The summed E-state index contributed by atoms with van der Waals surface area (Å²) in [6, 6.07) is 7.24. The van der Waals surface area contributed by atoms with Gasteiger partial charge in [0.25, 0.3) is 0 Å². The summed E-state index contributed by atoms with van der Waals surface area (Å²) >= 11 is 0. The summed E-state index contributed by atoms with van der Waals surface area (Å²) in [4.78, 5) is 26.2. The highest BCUT2D eigenvalue weighted by Crippen LogP contribution is 2.33. The number of aliphatic hydroxyl groups is 1. The van der Waals surface area contributed by atoms with Crippen molar-refractivity contribution in [1.29, 1.82) is 0 Å². The van der Waals surface area contributed by atoms with E-state index >= 15 is 0 Å². The minimum atomic E-state index is -0.961. The van der Waals surface area contributed by atoms with Gasteiger partial charge in [0.1, 0.15) is 0 Å². The molecule has 180 valence electrons. The Bertz CT molecular complexity index is 769. The topological polar surface area (TPSA) is 122 Å². The standard InChI is InChI=1S/C24H38N2O6/c1-16(23(29)30)11-21(27)19(25)13-24(2,3)14-22(28)26-15-18(32-10-9-31-4)12-17-7-5-6-8-20(17)26/h5-8,16,18-19,21,27H,9-15,25H2,1-4H3,(H,29,30)/t16-,18-,19+,21+/m1/s1. The second kappa shape index (κ2) is 11.7. The lowest BCUT2D eigenvalue weighted by Crippen LogP contribution is -2.46. The highest BCUT2D eigenvalue weighted by molar-refractivity contribution is 5.95. The zero-order valence-electron chi connectivity index (χ0n) is 19.6. The fourth-order valence-electron chi connectivity index (χ4n) is 4.19. The van der Waals surface area contributed by atoms with Crippen LogP contribution in [-0.2, 0) is 25.5 Å². The molecule has 0 spiro atoms. The number of benzene rings is 1. The number of fused-ring (bicyclic) bond motifs is 1. The van der Waals surface area contributed by atoms with E-state index in [0.29, 0.717) is 26.2 Å². The highest BCUT2D eigenvalue weighted by Gasteiger charge is 2.34. The molecule has 0 fully saturated rings. The number of hydrogen-bond donors (Lipinski definition) is 3. The Morgan fingerprint density at radius 1 is 1.28 bits per heavy atom. The summed E-state index contributed by atoms with van der Waals surface area (Å²) in [5, 5.41) is 19.4. The van der Waals surface area contributed by atoms with Gasteiger partial charge >= 0.3 is 5.97 Å². The zero-order valence-corrected chi connectivity index (χ0v) is 19.6. The highest BCUT2D eigenvalue weighted by atomic mass is 16.5. The number of anilines is 1. The summed E-state index contributed by atoms with van der Waals surface area (Å²) in [5.41, 5.74) is 7.68. The van der Waals surface area contributed by atoms with Crippen LogP contribution in [0.4, 0.5) is 5.69 Å². The molecule has 0 radical (unpaired) electrons. The first kappa shape index (κ1) is 26.3. The van der Waals surface area contributed by atoms with Crippen LogP contribution in [0.2, 0.25) is 0 Å². The molecule has 0 saturated carbocycles. The maximum absolute atomic E-state index is 13.3. The molecule has 1 amide bonds. The maximum atomic E-state index is 13.3. The van der Waals surface area contributed by atoms with Crippen molar-refractivity contribution in [2.45, 2.75) is 64.7 Å². The number of methoxy groups -OCH3 is 1. The van der Waals surface area contributed by atoms with Crippen molar-refractivity contribution >= 4 is 17.6 Å². The largest absolute Gasteiger partial charge is 0.481 e. The normalized spacial score (nSPS) is 19.2. The van der Waals surface area contributed by atoms with Crippen LogP contribution < -0.4 is 10.6 Å². The Kier molecular flexibility index (Phi) is 9.64. The van der Waals surface area contributed by atoms with E-state index in [-0.39, 0.29) is 24.9 Å². The van der Waals surface area contributed by atoms with Gasteiger partial charge in [0, 0.05) is 31.7 Å². The van der Waals surface area contributed by atoms with Crippen LogP contribution in [0.5, 0.6) is 0 Å². The Morgan fingerprint density at radius 2 is 1.97 bits per heavy atom. The number of aliphatic carboxylic acids is 1. The summed E-state index contributed by atoms with van der Waals surface area (Å²) in [5.74, 6) is -1.67. The first-order valence-electron chi connectivity index (χ1n) is 11.2. The van der Waals surface area contributed by atoms with Gasteiger partial charge in [0.2, 0.25) is 5.91 Å². The van der Waals surface area contributed by atoms with Gasteiger partial charge in [-0.15, -0.1) is 0 Å². The summed E-state index contributed by atoms with van der Waals surface area (Å²) < 4.78 is 11.0. The lowest BCUT2D eigenvalue weighted by Gasteiger charge is -2.37. The molecule has 1 aliphatic rings. The molecular weight excluding hydrogens is 412 g/mol. The van der Waals surface area contributed by atoms with E-state index < -0.39 is 29.4 Å². The lowest BCUT2D eigenvalue weighted by molar-refractivity contribution is -0.142. The maximum Gasteiger partial charge on any atom is 0.306 e. The molecule has 8 nitrogen and oxygen atoms in total. The number of amides is 1. The van der Waals surface area contributed by atoms with Gasteiger partial charge in [-0.05, 0) is 29.9 Å². The average Bonchev–Trinajstić information content (AvgIpc) is 2.72. The SMILES string of the molecule is COCCO[C@@H]1Cc2ccccc2N(C(=O)CC(C)(C)C[C@H](N)[C@@H](O)C[C@@H](C)C(=O)O)C1. The number of carbonyl (C=O) groups is 2. The first-order valence-corrected chi connectivity index (χ1v) is 11.2. The summed E-state index contributed by atoms with van der Waals surface area (Å²) in [6.45, 7) is 6.88. The molecule has 0 aliphatic carbocycles. The van der Waals surface area contributed by atoms with Gasteiger partial charge in [-0.3, -0.25) is 9.59 Å². The number of aliphatic hydroxyl groups excluding tert-OH is 1. The number of para-hydroxylation sites is 1. The van der Waals surface area contributed by atoms with Crippen molar-refractivity contribution in [3.8, 4) is 0 Å². The molecule has 8 heteroatoms. The number of nitrogens with zero attached hydrogens (tertiary/aromatic N) is 1. The van der Waals surface area contributed by atoms with Crippen molar-refractivity contribution in [2.75, 3.05) is 31.8 Å². The number of carboxylic acid groups (broad SMARTS) is 1. The second-order valence-corrected chi connectivity index (χ2v) is 9.57.